The summed E-state index contributed by atoms with van der Waals surface area (Å²) in [6, 6.07) is 23.1. The fourth-order valence-electron chi connectivity index (χ4n) is 8.15. The van der Waals surface area contributed by atoms with Gasteiger partial charge in [-0.1, -0.05) is 54.6 Å². The predicted molar refractivity (Wildman–Crippen MR) is 251 cm³/mol. The number of aromatic nitrogens is 1. The Morgan fingerprint density at radius 3 is 2.23 bits per heavy atom. The van der Waals surface area contributed by atoms with Gasteiger partial charge >= 0.3 is 24.1 Å². The van der Waals surface area contributed by atoms with Crippen LogP contribution in [-0.2, 0) is 45.2 Å². The largest absolute Gasteiger partial charge is 0.477 e. The lowest BCUT2D eigenvalue weighted by Crippen LogP contribution is -2.49. The Labute approximate surface area is 395 Å². The van der Waals surface area contributed by atoms with Crippen LogP contribution in [0, 0.1) is 17.6 Å². The van der Waals surface area contributed by atoms with E-state index in [1.807, 2.05) is 30.3 Å². The number of carboxylic acids is 1. The van der Waals surface area contributed by atoms with Gasteiger partial charge in [-0.05, 0) is 79.3 Å². The van der Waals surface area contributed by atoms with Crippen molar-refractivity contribution in [3.63, 3.8) is 0 Å². The van der Waals surface area contributed by atoms with Crippen LogP contribution in [0.4, 0.5) is 29.7 Å². The van der Waals surface area contributed by atoms with Crippen molar-refractivity contribution in [3.8, 4) is 0 Å². The molecule has 1 fully saturated rings. The number of carbonyl (C=O) groups is 5. The molecule has 0 saturated carbocycles. The number of halogens is 2. The third-order valence-electron chi connectivity index (χ3n) is 11.9. The number of anilines is 2. The van der Waals surface area contributed by atoms with E-state index in [2.05, 4.69) is 21.6 Å². The first-order chi connectivity index (χ1) is 33.3. The molecule has 5 aromatic rings. The van der Waals surface area contributed by atoms with Crippen molar-refractivity contribution >= 4 is 52.2 Å². The Balaban J connectivity index is 0.954. The zero-order valence-electron chi connectivity index (χ0n) is 37.8. The molecule has 0 bridgehead atoms. The van der Waals surface area contributed by atoms with E-state index in [0.717, 1.165) is 17.2 Å². The van der Waals surface area contributed by atoms with E-state index in [9.17, 15) is 38.3 Å². The summed E-state index contributed by atoms with van der Waals surface area (Å²) >= 11 is 0. The van der Waals surface area contributed by atoms with Gasteiger partial charge in [-0.2, -0.15) is 0 Å². The number of hydrogen-bond acceptors (Lipinski definition) is 12. The molecule has 2 aliphatic heterocycles. The fourth-order valence-corrected chi connectivity index (χ4v) is 8.15. The number of primary amides is 1. The summed E-state index contributed by atoms with van der Waals surface area (Å²) in [5.41, 5.74) is 14.1. The van der Waals surface area contributed by atoms with Crippen LogP contribution in [0.1, 0.15) is 53.2 Å². The Morgan fingerprint density at radius 1 is 0.870 bits per heavy atom. The van der Waals surface area contributed by atoms with Gasteiger partial charge in [0.25, 0.3) is 0 Å². The number of esters is 1. The number of benzene rings is 4. The van der Waals surface area contributed by atoms with Crippen LogP contribution in [0.25, 0.3) is 10.9 Å². The number of carbonyl (C=O) groups excluding carboxylic acids is 4. The number of nitrogens with zero attached hydrogens (tertiary/aromatic N) is 4. The van der Waals surface area contributed by atoms with Crippen molar-refractivity contribution in [1.82, 2.24) is 30.8 Å². The molecule has 20 heteroatoms. The number of hydrogen-bond donors (Lipinski definition) is 6. The first kappa shape index (κ1) is 48.9. The van der Waals surface area contributed by atoms with Gasteiger partial charge < -0.3 is 50.7 Å². The maximum atomic E-state index is 15.4. The highest BCUT2D eigenvalue weighted by Gasteiger charge is 2.31. The highest BCUT2D eigenvalue weighted by Crippen LogP contribution is 2.28. The molecule has 7 N–H and O–H groups in total. The van der Waals surface area contributed by atoms with Gasteiger partial charge in [-0.15, -0.1) is 5.53 Å². The summed E-state index contributed by atoms with van der Waals surface area (Å²) in [6.07, 6.45) is 3.37. The predicted octanol–water partition coefficient (Wildman–Crippen LogP) is 5.37. The monoisotopic (exact) mass is 949 g/mol. The highest BCUT2D eigenvalue weighted by molar-refractivity contribution is 5.95. The molecule has 1 saturated heterocycles. The van der Waals surface area contributed by atoms with Crippen molar-refractivity contribution < 1.29 is 47.3 Å². The van der Waals surface area contributed by atoms with Crippen molar-refractivity contribution in [1.29, 1.82) is 0 Å². The van der Waals surface area contributed by atoms with E-state index in [4.69, 9.17) is 15.2 Å². The van der Waals surface area contributed by atoms with Crippen LogP contribution in [0.3, 0.4) is 0 Å². The number of ether oxygens (including phenoxy) is 2. The molecule has 18 nitrogen and oxygen atoms in total. The van der Waals surface area contributed by atoms with E-state index in [1.165, 1.54) is 29.3 Å². The van der Waals surface area contributed by atoms with Gasteiger partial charge in [0.15, 0.2) is 0 Å². The number of piperazine rings is 1. The molecular weight excluding hydrogens is 897 g/mol. The lowest BCUT2D eigenvalue weighted by molar-refractivity contribution is -0.145. The second-order valence-electron chi connectivity index (χ2n) is 16.6. The molecule has 3 heterocycles. The first-order valence-corrected chi connectivity index (χ1v) is 22.4. The number of hydrazine groups is 2. The summed E-state index contributed by atoms with van der Waals surface area (Å²) in [6.45, 7) is 3.40. The molecule has 0 unspecified atom stereocenters. The van der Waals surface area contributed by atoms with Crippen LogP contribution in [0.5, 0.6) is 0 Å². The van der Waals surface area contributed by atoms with Crippen LogP contribution in [0.2, 0.25) is 0 Å². The standard InChI is InChI=1S/C49H53F2N9O9/c1-2-57-27-38(47(64)65)45(62)37-25-39(51)43(26-42(37)57)58-19-21-59(22-20-58)49(67)69-30-33-12-16-36(17-13-33)54-46(63)41(9-6-18-53-48(52)66)60-28-40(55-56-60)34(23-31-10-14-35(50)15-11-31)24-44(61)68-29-32-7-4-3-5-8-32/h3-5,7-8,10-17,25-28,34,41,55-56H,2,6,9,18-24,29-30H2,1H3,(H,54,63)(H,64,65)(H3,52,53,66)/t34-,41+/m1/s1. The second-order valence-corrected chi connectivity index (χ2v) is 16.6. The number of pyridine rings is 1. The topological polar surface area (TPSA) is 230 Å². The number of amides is 4. The fraction of sp³-hybridized carbons (Fsp3) is 0.306. The van der Waals surface area contributed by atoms with Crippen LogP contribution < -0.4 is 37.7 Å². The first-order valence-electron chi connectivity index (χ1n) is 22.4. The van der Waals surface area contributed by atoms with Gasteiger partial charge in [0.2, 0.25) is 11.3 Å². The average molecular weight is 950 g/mol. The molecule has 0 spiro atoms. The molecule has 0 aliphatic carbocycles. The quantitative estimate of drug-likeness (QED) is 0.0453. The molecule has 1 aromatic heterocycles. The maximum absolute atomic E-state index is 15.4. The molecule has 4 amide bonds. The number of rotatable bonds is 19. The number of nitrogens with one attached hydrogen (secondary N) is 4. The molecule has 362 valence electrons. The van der Waals surface area contributed by atoms with Crippen molar-refractivity contribution in [3.05, 3.63) is 153 Å². The Kier molecular flexibility index (Phi) is 16.1. The van der Waals surface area contributed by atoms with Crippen LogP contribution >= 0.6 is 0 Å². The smallest absolute Gasteiger partial charge is 0.410 e. The van der Waals surface area contributed by atoms with Gasteiger partial charge in [0, 0.05) is 74.4 Å². The zero-order chi connectivity index (χ0) is 49.0. The summed E-state index contributed by atoms with van der Waals surface area (Å²) in [5.74, 6) is -3.75. The van der Waals surface area contributed by atoms with Crippen molar-refractivity contribution in [2.24, 2.45) is 11.7 Å². The number of aryl methyl sites for hydroxylation is 1. The normalized spacial score (nSPS) is 14.4. The van der Waals surface area contributed by atoms with Gasteiger partial charge in [0.1, 0.15) is 36.5 Å². The number of nitrogens with two attached hydrogens (primary N) is 1. The van der Waals surface area contributed by atoms with Crippen molar-refractivity contribution in [2.45, 2.75) is 58.4 Å². The minimum absolute atomic E-state index is 0.0189. The van der Waals surface area contributed by atoms with Gasteiger partial charge in [-0.25, -0.2) is 23.2 Å². The number of carboxylic acid groups (broad SMARTS) is 1. The van der Waals surface area contributed by atoms with Crippen LogP contribution in [-0.4, -0.2) is 88.3 Å². The highest BCUT2D eigenvalue weighted by atomic mass is 19.1. The molecule has 69 heavy (non-hydrogen) atoms. The molecule has 2 aliphatic rings. The van der Waals surface area contributed by atoms with Gasteiger partial charge in [-0.3, -0.25) is 19.4 Å². The number of urea groups is 1. The van der Waals surface area contributed by atoms with Crippen molar-refractivity contribution in [2.75, 3.05) is 42.9 Å². The minimum atomic E-state index is -1.39. The molecule has 4 aromatic carbocycles. The average Bonchev–Trinajstić information content (AvgIpc) is 3.84. The Hall–Kier alpha value is -8.00. The van der Waals surface area contributed by atoms with E-state index in [1.54, 1.807) is 64.0 Å². The summed E-state index contributed by atoms with van der Waals surface area (Å²) in [5, 5.41) is 16.5. The molecule has 0 radical (unpaired) electrons. The summed E-state index contributed by atoms with van der Waals surface area (Å²) < 4.78 is 42.0. The summed E-state index contributed by atoms with van der Waals surface area (Å²) in [7, 11) is 0. The number of fused-ring (bicyclic) bond motifs is 1. The third kappa shape index (κ3) is 12.7. The number of aromatic carboxylic acids is 1. The molecule has 7 rings (SSSR count). The minimum Gasteiger partial charge on any atom is -0.477 e. The van der Waals surface area contributed by atoms with E-state index in [-0.39, 0.29) is 69.9 Å². The maximum Gasteiger partial charge on any atom is 0.410 e. The molecular formula is C49H53F2N9O9. The van der Waals surface area contributed by atoms with E-state index < -0.39 is 64.6 Å². The lowest BCUT2D eigenvalue weighted by atomic mass is 9.93. The third-order valence-corrected chi connectivity index (χ3v) is 11.9. The zero-order valence-corrected chi connectivity index (χ0v) is 37.8. The Bertz CT molecular complexity index is 2750. The van der Waals surface area contributed by atoms with Gasteiger partial charge in [0.05, 0.1) is 17.6 Å². The van der Waals surface area contributed by atoms with Crippen LogP contribution in [0.15, 0.2) is 114 Å². The lowest BCUT2D eigenvalue weighted by Gasteiger charge is -2.35. The summed E-state index contributed by atoms with van der Waals surface area (Å²) in [4.78, 5) is 79.3. The Morgan fingerprint density at radius 2 is 1.55 bits per heavy atom. The number of allylic oxidation sites excluding steroid dienone is 1. The SMILES string of the molecule is CCn1cc(C(=O)O)c(=O)c2cc(F)c(N3CCN(C(=O)OCc4ccc(NC(=O)[C@H](CCCNC(N)=O)N5C=C([C@@H](CC(=O)OCc6ccccc6)Cc6ccc(F)cc6)NN5)cc4)CC3)cc21. The van der Waals surface area contributed by atoms with E-state index in [0.29, 0.717) is 41.9 Å². The second kappa shape index (κ2) is 22.7. The van der Waals surface area contributed by atoms with E-state index >= 15 is 4.39 Å². The molecule has 2 atom stereocenters.